The van der Waals surface area contributed by atoms with Gasteiger partial charge in [0.15, 0.2) is 0 Å². The van der Waals surface area contributed by atoms with Gasteiger partial charge >= 0.3 is 0 Å². The summed E-state index contributed by atoms with van der Waals surface area (Å²) < 4.78 is 0. The van der Waals surface area contributed by atoms with Gasteiger partial charge in [-0.2, -0.15) is 0 Å². The van der Waals surface area contributed by atoms with Gasteiger partial charge in [-0.1, -0.05) is 6.92 Å². The molecule has 0 spiro atoms. The maximum Gasteiger partial charge on any atom is 0.0102 e. The van der Waals surface area contributed by atoms with Crippen LogP contribution in [0.25, 0.3) is 0 Å². The Labute approximate surface area is 45.3 Å². The van der Waals surface area contributed by atoms with Crippen LogP contribution in [0, 0.1) is 5.92 Å². The van der Waals surface area contributed by atoms with Crippen LogP contribution in [0.4, 0.5) is 0 Å². The van der Waals surface area contributed by atoms with Crippen LogP contribution in [0.5, 0.6) is 0 Å². The predicted octanol–water partition coefficient (Wildman–Crippen LogP) is 0.956. The Kier molecular flexibility index (Phi) is 1.08. The lowest BCUT2D eigenvalue weighted by atomic mass is 9.93. The molecule has 1 heterocycles. The zero-order valence-electron chi connectivity index (χ0n) is 5.31. The second-order valence-corrected chi connectivity index (χ2v) is 2.66. The maximum atomic E-state index is 2.37. The SMILES string of the molecule is C[C@H]1CN(C)[C@H]1C. The molecule has 7 heavy (non-hydrogen) atoms. The second kappa shape index (κ2) is 1.48. The third-order valence-corrected chi connectivity index (χ3v) is 2.09. The van der Waals surface area contributed by atoms with Crippen molar-refractivity contribution in [2.45, 2.75) is 19.9 Å². The average Bonchev–Trinajstić information content (AvgIpc) is 1.68. The molecule has 1 saturated heterocycles. The van der Waals surface area contributed by atoms with Crippen molar-refractivity contribution in [1.82, 2.24) is 4.90 Å². The Morgan fingerprint density at radius 2 is 2.00 bits per heavy atom. The van der Waals surface area contributed by atoms with Gasteiger partial charge in [-0.25, -0.2) is 0 Å². The van der Waals surface area contributed by atoms with Crippen molar-refractivity contribution in [3.8, 4) is 0 Å². The summed E-state index contributed by atoms with van der Waals surface area (Å²) in [6, 6.07) is 0.833. The van der Waals surface area contributed by atoms with Crippen molar-refractivity contribution in [3.05, 3.63) is 0 Å². The lowest BCUT2D eigenvalue weighted by Crippen LogP contribution is -2.50. The molecule has 0 amide bonds. The highest BCUT2D eigenvalue weighted by Gasteiger charge is 2.27. The Balaban J connectivity index is 2.29. The molecule has 1 fully saturated rings. The van der Waals surface area contributed by atoms with Gasteiger partial charge in [0.25, 0.3) is 0 Å². The number of nitrogens with zero attached hydrogens (tertiary/aromatic N) is 1. The zero-order valence-corrected chi connectivity index (χ0v) is 5.31. The molecule has 1 heteroatoms. The topological polar surface area (TPSA) is 3.24 Å². The summed E-state index contributed by atoms with van der Waals surface area (Å²) in [6.45, 7) is 5.86. The Hall–Kier alpha value is -0.0400. The fourth-order valence-electron chi connectivity index (χ4n) is 1.07. The van der Waals surface area contributed by atoms with Crippen LogP contribution < -0.4 is 0 Å². The van der Waals surface area contributed by atoms with Gasteiger partial charge in [0.2, 0.25) is 0 Å². The summed E-state index contributed by atoms with van der Waals surface area (Å²) in [4.78, 5) is 2.37. The molecular formula is C6H13N. The summed E-state index contributed by atoms with van der Waals surface area (Å²) in [7, 11) is 2.17. The Morgan fingerprint density at radius 3 is 2.00 bits per heavy atom. The first-order chi connectivity index (χ1) is 3.22. The lowest BCUT2D eigenvalue weighted by molar-refractivity contribution is 0.0680. The third-order valence-electron chi connectivity index (χ3n) is 2.09. The molecule has 0 radical (unpaired) electrons. The van der Waals surface area contributed by atoms with Crippen molar-refractivity contribution >= 4 is 0 Å². The quantitative estimate of drug-likeness (QED) is 0.437. The number of rotatable bonds is 0. The van der Waals surface area contributed by atoms with E-state index in [-0.39, 0.29) is 0 Å². The van der Waals surface area contributed by atoms with Gasteiger partial charge in [-0.15, -0.1) is 0 Å². The summed E-state index contributed by atoms with van der Waals surface area (Å²) in [5, 5.41) is 0. The molecule has 0 aromatic rings. The maximum absolute atomic E-state index is 2.37. The minimum Gasteiger partial charge on any atom is -0.303 e. The summed E-state index contributed by atoms with van der Waals surface area (Å²) in [5.74, 6) is 0.935. The van der Waals surface area contributed by atoms with E-state index in [0.29, 0.717) is 0 Å². The van der Waals surface area contributed by atoms with E-state index < -0.39 is 0 Å². The molecular weight excluding hydrogens is 86.1 g/mol. The minimum absolute atomic E-state index is 0.833. The molecule has 1 nitrogen and oxygen atoms in total. The van der Waals surface area contributed by atoms with Crippen molar-refractivity contribution in [2.24, 2.45) is 5.92 Å². The molecule has 1 rings (SSSR count). The number of hydrogen-bond acceptors (Lipinski definition) is 1. The highest BCUT2D eigenvalue weighted by atomic mass is 15.2. The highest BCUT2D eigenvalue weighted by Crippen LogP contribution is 2.20. The van der Waals surface area contributed by atoms with Gasteiger partial charge in [-0.3, -0.25) is 0 Å². The molecule has 42 valence electrons. The molecule has 0 aliphatic carbocycles. The largest absolute Gasteiger partial charge is 0.303 e. The Morgan fingerprint density at radius 1 is 1.43 bits per heavy atom. The first kappa shape index (κ1) is 5.10. The lowest BCUT2D eigenvalue weighted by Gasteiger charge is -2.41. The normalized spacial score (nSPS) is 43.3. The smallest absolute Gasteiger partial charge is 0.0102 e. The van der Waals surface area contributed by atoms with Gasteiger partial charge in [0.05, 0.1) is 0 Å². The van der Waals surface area contributed by atoms with E-state index in [9.17, 15) is 0 Å². The van der Waals surface area contributed by atoms with E-state index in [0.717, 1.165) is 12.0 Å². The molecule has 1 aliphatic heterocycles. The van der Waals surface area contributed by atoms with Crippen molar-refractivity contribution in [3.63, 3.8) is 0 Å². The van der Waals surface area contributed by atoms with Gasteiger partial charge in [-0.05, 0) is 19.9 Å². The van der Waals surface area contributed by atoms with Crippen LogP contribution in [-0.2, 0) is 0 Å². The van der Waals surface area contributed by atoms with Crippen LogP contribution >= 0.6 is 0 Å². The number of hydrogen-bond donors (Lipinski definition) is 0. The minimum atomic E-state index is 0.833. The monoisotopic (exact) mass is 99.1 g/mol. The summed E-state index contributed by atoms with van der Waals surface area (Å²) in [5.41, 5.74) is 0. The van der Waals surface area contributed by atoms with E-state index in [1.807, 2.05) is 0 Å². The van der Waals surface area contributed by atoms with E-state index in [1.54, 1.807) is 0 Å². The van der Waals surface area contributed by atoms with Crippen LogP contribution in [0.15, 0.2) is 0 Å². The molecule has 2 atom stereocenters. The highest BCUT2D eigenvalue weighted by molar-refractivity contribution is 4.82. The van der Waals surface area contributed by atoms with Gasteiger partial charge in [0, 0.05) is 12.6 Å². The van der Waals surface area contributed by atoms with Crippen LogP contribution in [-0.4, -0.2) is 24.5 Å². The molecule has 0 unspecified atom stereocenters. The van der Waals surface area contributed by atoms with Crippen molar-refractivity contribution in [2.75, 3.05) is 13.6 Å². The molecule has 0 aromatic heterocycles. The van der Waals surface area contributed by atoms with Gasteiger partial charge < -0.3 is 4.90 Å². The van der Waals surface area contributed by atoms with Crippen molar-refractivity contribution < 1.29 is 0 Å². The fourth-order valence-corrected chi connectivity index (χ4v) is 1.07. The first-order valence-corrected chi connectivity index (χ1v) is 2.92. The molecule has 0 N–H and O–H groups in total. The first-order valence-electron chi connectivity index (χ1n) is 2.92. The van der Waals surface area contributed by atoms with Crippen LogP contribution in [0.1, 0.15) is 13.8 Å². The molecule has 0 aromatic carbocycles. The predicted molar refractivity (Wildman–Crippen MR) is 31.3 cm³/mol. The molecule has 0 saturated carbocycles. The van der Waals surface area contributed by atoms with E-state index in [1.165, 1.54) is 6.54 Å². The molecule has 0 bridgehead atoms. The van der Waals surface area contributed by atoms with Crippen molar-refractivity contribution in [1.29, 1.82) is 0 Å². The van der Waals surface area contributed by atoms with Gasteiger partial charge in [0.1, 0.15) is 0 Å². The average molecular weight is 99.2 g/mol. The standard InChI is InChI=1S/C6H13N/c1-5-4-7(3)6(5)2/h5-6H,4H2,1-3H3/t5-,6-/m0/s1. The van der Waals surface area contributed by atoms with E-state index in [2.05, 4.69) is 25.8 Å². The molecule has 1 aliphatic rings. The van der Waals surface area contributed by atoms with E-state index >= 15 is 0 Å². The third kappa shape index (κ3) is 0.653. The zero-order chi connectivity index (χ0) is 5.44. The van der Waals surface area contributed by atoms with Crippen LogP contribution in [0.2, 0.25) is 0 Å². The number of likely N-dealkylation sites (tertiary alicyclic amines) is 1. The van der Waals surface area contributed by atoms with E-state index in [4.69, 9.17) is 0 Å². The van der Waals surface area contributed by atoms with Crippen LogP contribution in [0.3, 0.4) is 0 Å². The summed E-state index contributed by atoms with van der Waals surface area (Å²) in [6.07, 6.45) is 0. The summed E-state index contributed by atoms with van der Waals surface area (Å²) >= 11 is 0. The fraction of sp³-hybridized carbons (Fsp3) is 1.00. The Bertz CT molecular complexity index is 62.6. The second-order valence-electron chi connectivity index (χ2n) is 2.66.